The van der Waals surface area contributed by atoms with E-state index >= 15 is 0 Å². The predicted molar refractivity (Wildman–Crippen MR) is 119 cm³/mol. The smallest absolute Gasteiger partial charge is 0.194 e. The summed E-state index contributed by atoms with van der Waals surface area (Å²) < 4.78 is 19.4. The Bertz CT molecular complexity index is 647. The van der Waals surface area contributed by atoms with Crippen molar-refractivity contribution in [1.82, 2.24) is 15.1 Å². The van der Waals surface area contributed by atoms with Gasteiger partial charge in [0.05, 0.1) is 6.54 Å². The summed E-state index contributed by atoms with van der Waals surface area (Å²) in [7, 11) is 0. The third-order valence-corrected chi connectivity index (χ3v) is 4.82. The maximum Gasteiger partial charge on any atom is 0.194 e. The Labute approximate surface area is 178 Å². The Balaban J connectivity index is 0.00000261. The summed E-state index contributed by atoms with van der Waals surface area (Å²) in [6.45, 7) is 9.43. The Morgan fingerprint density at radius 3 is 2.78 bits per heavy atom. The van der Waals surface area contributed by atoms with E-state index in [0.29, 0.717) is 12.6 Å². The first-order valence-electron chi connectivity index (χ1n) is 9.51. The Morgan fingerprint density at radius 1 is 1.33 bits per heavy atom. The molecule has 150 valence electrons. The number of ether oxygens (including phenoxy) is 1. The predicted octanol–water partition coefficient (Wildman–Crippen LogP) is 3.12. The third-order valence-electron chi connectivity index (χ3n) is 4.82. The van der Waals surface area contributed by atoms with Crippen LogP contribution in [0, 0.1) is 5.82 Å². The van der Waals surface area contributed by atoms with Crippen LogP contribution in [-0.2, 0) is 0 Å². The van der Waals surface area contributed by atoms with E-state index in [4.69, 9.17) is 9.73 Å². The highest BCUT2D eigenvalue weighted by atomic mass is 127. The van der Waals surface area contributed by atoms with Gasteiger partial charge in [-0.2, -0.15) is 0 Å². The van der Waals surface area contributed by atoms with Crippen LogP contribution in [-0.4, -0.2) is 67.2 Å². The third kappa shape index (κ3) is 6.07. The highest BCUT2D eigenvalue weighted by Crippen LogP contribution is 2.19. The zero-order chi connectivity index (χ0) is 18.4. The number of halogens is 2. The van der Waals surface area contributed by atoms with Gasteiger partial charge in [-0.1, -0.05) is 24.3 Å². The van der Waals surface area contributed by atoms with Crippen LogP contribution in [0.4, 0.5) is 4.39 Å². The molecule has 0 spiro atoms. The molecule has 0 aromatic heterocycles. The molecule has 2 unspecified atom stereocenters. The van der Waals surface area contributed by atoms with E-state index in [1.54, 1.807) is 18.2 Å². The molecule has 2 aliphatic rings. The minimum atomic E-state index is -0.336. The van der Waals surface area contributed by atoms with Gasteiger partial charge < -0.3 is 15.0 Å². The molecule has 1 fully saturated rings. The van der Waals surface area contributed by atoms with E-state index in [2.05, 4.69) is 34.2 Å². The van der Waals surface area contributed by atoms with Crippen molar-refractivity contribution in [2.24, 2.45) is 4.99 Å². The minimum Gasteiger partial charge on any atom is -0.486 e. The van der Waals surface area contributed by atoms with Crippen molar-refractivity contribution in [3.8, 4) is 5.75 Å². The minimum absolute atomic E-state index is 0. The van der Waals surface area contributed by atoms with Crippen LogP contribution in [0.2, 0.25) is 0 Å². The van der Waals surface area contributed by atoms with Crippen LogP contribution in [0.1, 0.15) is 20.3 Å². The number of aliphatic imine (C=N–C) groups is 1. The number of para-hydroxylation sites is 1. The number of hydrogen-bond acceptors (Lipinski definition) is 3. The van der Waals surface area contributed by atoms with Gasteiger partial charge in [0, 0.05) is 38.8 Å². The maximum absolute atomic E-state index is 13.7. The van der Waals surface area contributed by atoms with Crippen LogP contribution in [0.15, 0.2) is 41.4 Å². The quantitative estimate of drug-likeness (QED) is 0.289. The number of nitrogens with zero attached hydrogens (tertiary/aromatic N) is 3. The lowest BCUT2D eigenvalue weighted by molar-refractivity contribution is 0.219. The summed E-state index contributed by atoms with van der Waals surface area (Å²) in [4.78, 5) is 9.56. The monoisotopic (exact) mass is 488 g/mol. The zero-order valence-electron chi connectivity index (χ0n) is 16.1. The number of likely N-dealkylation sites (tertiary alicyclic amines) is 1. The molecule has 2 heterocycles. The molecule has 0 radical (unpaired) electrons. The van der Waals surface area contributed by atoms with Crippen molar-refractivity contribution < 1.29 is 9.13 Å². The van der Waals surface area contributed by atoms with Gasteiger partial charge in [-0.3, -0.25) is 4.90 Å². The summed E-state index contributed by atoms with van der Waals surface area (Å²) in [6.07, 6.45) is 5.45. The van der Waals surface area contributed by atoms with Gasteiger partial charge in [0.2, 0.25) is 0 Å². The lowest BCUT2D eigenvalue weighted by Gasteiger charge is -2.25. The second kappa shape index (κ2) is 10.8. The molecule has 0 amide bonds. The molecule has 3 rings (SSSR count). The van der Waals surface area contributed by atoms with Gasteiger partial charge in [-0.25, -0.2) is 9.38 Å². The molecule has 1 aromatic carbocycles. The van der Waals surface area contributed by atoms with Crippen molar-refractivity contribution in [3.63, 3.8) is 0 Å². The summed E-state index contributed by atoms with van der Waals surface area (Å²) in [5, 5.41) is 3.38. The van der Waals surface area contributed by atoms with Crippen molar-refractivity contribution in [2.75, 3.05) is 39.3 Å². The number of benzene rings is 1. The first-order chi connectivity index (χ1) is 12.7. The van der Waals surface area contributed by atoms with E-state index in [0.717, 1.165) is 45.1 Å². The molecule has 2 aliphatic heterocycles. The number of nitrogens with one attached hydrogen (secondary N) is 1. The highest BCUT2D eigenvalue weighted by Gasteiger charge is 2.29. The summed E-state index contributed by atoms with van der Waals surface area (Å²) in [6, 6.07) is 7.08. The van der Waals surface area contributed by atoms with Crippen molar-refractivity contribution in [1.29, 1.82) is 0 Å². The number of guanidine groups is 1. The van der Waals surface area contributed by atoms with Gasteiger partial charge in [0.15, 0.2) is 17.5 Å². The lowest BCUT2D eigenvalue weighted by atomic mass is 10.2. The van der Waals surface area contributed by atoms with E-state index in [9.17, 15) is 4.39 Å². The van der Waals surface area contributed by atoms with Crippen LogP contribution >= 0.6 is 24.0 Å². The van der Waals surface area contributed by atoms with Gasteiger partial charge in [-0.05, 0) is 32.4 Å². The molecule has 1 aromatic rings. The van der Waals surface area contributed by atoms with Crippen LogP contribution in [0.3, 0.4) is 0 Å². The number of rotatable bonds is 6. The summed E-state index contributed by atoms with van der Waals surface area (Å²) in [5.41, 5.74) is 0. The summed E-state index contributed by atoms with van der Waals surface area (Å²) in [5.74, 6) is 0.867. The Kier molecular flexibility index (Phi) is 8.82. The van der Waals surface area contributed by atoms with E-state index < -0.39 is 0 Å². The lowest BCUT2D eigenvalue weighted by Crippen LogP contribution is -2.43. The second-order valence-electron chi connectivity index (χ2n) is 6.87. The molecule has 1 saturated heterocycles. The molecule has 7 heteroatoms. The molecule has 5 nitrogen and oxygen atoms in total. The van der Waals surface area contributed by atoms with Gasteiger partial charge >= 0.3 is 0 Å². The molecular weight excluding hydrogens is 458 g/mol. The summed E-state index contributed by atoms with van der Waals surface area (Å²) >= 11 is 0. The molecule has 0 aliphatic carbocycles. The Morgan fingerprint density at radius 2 is 2.07 bits per heavy atom. The molecule has 0 saturated carbocycles. The van der Waals surface area contributed by atoms with Crippen molar-refractivity contribution in [3.05, 3.63) is 42.2 Å². The number of hydrogen-bond donors (Lipinski definition) is 1. The fourth-order valence-corrected chi connectivity index (χ4v) is 3.46. The zero-order valence-corrected chi connectivity index (χ0v) is 18.4. The molecular formula is C20H30FIN4O. The normalized spacial score (nSPS) is 21.2. The highest BCUT2D eigenvalue weighted by molar-refractivity contribution is 14.0. The fourth-order valence-electron chi connectivity index (χ4n) is 3.46. The first-order valence-corrected chi connectivity index (χ1v) is 9.51. The largest absolute Gasteiger partial charge is 0.486 e. The maximum atomic E-state index is 13.7. The van der Waals surface area contributed by atoms with E-state index in [-0.39, 0.29) is 41.6 Å². The van der Waals surface area contributed by atoms with E-state index in [1.165, 1.54) is 6.07 Å². The van der Waals surface area contributed by atoms with Crippen LogP contribution in [0.5, 0.6) is 5.75 Å². The van der Waals surface area contributed by atoms with Crippen molar-refractivity contribution in [2.45, 2.75) is 32.4 Å². The van der Waals surface area contributed by atoms with Gasteiger partial charge in [-0.15, -0.1) is 24.0 Å². The molecule has 0 bridgehead atoms. The molecule has 1 N–H and O–H groups in total. The SMILES string of the molecule is CCNC(=NCC(C)Oc1ccccc1F)N1CCC(N2CC=CC2)C1.I. The fraction of sp³-hybridized carbons (Fsp3) is 0.550. The van der Waals surface area contributed by atoms with Gasteiger partial charge in [0.1, 0.15) is 6.10 Å². The van der Waals surface area contributed by atoms with Crippen LogP contribution in [0.25, 0.3) is 0 Å². The van der Waals surface area contributed by atoms with Crippen molar-refractivity contribution >= 4 is 29.9 Å². The average Bonchev–Trinajstić information content (AvgIpc) is 3.32. The standard InChI is InChI=1S/C20H29FN4O.HI/c1-3-22-20(25-13-10-17(15-25)24-11-6-7-12-24)23-14-16(2)26-19-9-5-4-8-18(19)21;/h4-9,16-17H,3,10-15H2,1-2H3,(H,22,23);1H. The average molecular weight is 488 g/mol. The topological polar surface area (TPSA) is 40.1 Å². The molecule has 2 atom stereocenters. The second-order valence-corrected chi connectivity index (χ2v) is 6.87. The Hall–Kier alpha value is -1.35. The van der Waals surface area contributed by atoms with Crippen LogP contribution < -0.4 is 10.1 Å². The molecule has 27 heavy (non-hydrogen) atoms. The van der Waals surface area contributed by atoms with E-state index in [1.807, 2.05) is 6.92 Å². The van der Waals surface area contributed by atoms with Gasteiger partial charge in [0.25, 0.3) is 0 Å². The first kappa shape index (κ1) is 21.9.